The molecule has 5 heteroatoms. The molecule has 20 heavy (non-hydrogen) atoms. The average Bonchev–Trinajstić information content (AvgIpc) is 2.44. The molecular formula is C15H24N2O3. The van der Waals surface area contributed by atoms with Crippen LogP contribution in [-0.2, 0) is 4.79 Å². The van der Waals surface area contributed by atoms with Crippen LogP contribution >= 0.6 is 0 Å². The lowest BCUT2D eigenvalue weighted by molar-refractivity contribution is -0.124. The molecule has 1 aromatic carbocycles. The Labute approximate surface area is 120 Å². The summed E-state index contributed by atoms with van der Waals surface area (Å²) in [6, 6.07) is 5.71. The fourth-order valence-corrected chi connectivity index (χ4v) is 1.82. The quantitative estimate of drug-likeness (QED) is 0.764. The molecule has 0 heterocycles. The topological polar surface area (TPSA) is 73.6 Å². The Morgan fingerprint density at radius 1 is 1.40 bits per heavy atom. The second kappa shape index (κ2) is 7.75. The van der Waals surface area contributed by atoms with E-state index < -0.39 is 12.0 Å². The Hall–Kier alpha value is -1.75. The zero-order valence-electron chi connectivity index (χ0n) is 12.6. The molecule has 3 N–H and O–H groups in total. The largest absolute Gasteiger partial charge is 0.497 e. The van der Waals surface area contributed by atoms with E-state index in [1.807, 2.05) is 12.1 Å². The number of methoxy groups -OCH3 is 1. The average molecular weight is 280 g/mol. The van der Waals surface area contributed by atoms with Crippen molar-refractivity contribution < 1.29 is 14.3 Å². The van der Waals surface area contributed by atoms with E-state index in [2.05, 4.69) is 19.2 Å². The maximum atomic E-state index is 11.2. The monoisotopic (exact) mass is 280 g/mol. The minimum atomic E-state index is -0.681. The van der Waals surface area contributed by atoms with Gasteiger partial charge in [0.1, 0.15) is 11.5 Å². The number of nitrogens with one attached hydrogen (secondary N) is 1. The Bertz CT molecular complexity index is 449. The predicted octanol–water partition coefficient (Wildman–Crippen LogP) is 2.01. The second-order valence-corrected chi connectivity index (χ2v) is 4.74. The number of hydrogen-bond acceptors (Lipinski definition) is 4. The van der Waals surface area contributed by atoms with Gasteiger partial charge in [0.05, 0.1) is 7.11 Å². The van der Waals surface area contributed by atoms with Gasteiger partial charge >= 0.3 is 0 Å². The molecule has 0 fully saturated rings. The van der Waals surface area contributed by atoms with Gasteiger partial charge in [-0.15, -0.1) is 0 Å². The van der Waals surface area contributed by atoms with Crippen molar-refractivity contribution in [2.45, 2.75) is 39.3 Å². The van der Waals surface area contributed by atoms with Crippen LogP contribution < -0.4 is 20.5 Å². The molecule has 0 bridgehead atoms. The van der Waals surface area contributed by atoms with E-state index in [-0.39, 0.29) is 6.04 Å². The van der Waals surface area contributed by atoms with Gasteiger partial charge in [-0.3, -0.25) is 4.79 Å². The molecule has 0 aliphatic rings. The summed E-state index contributed by atoms with van der Waals surface area (Å²) >= 11 is 0. The summed E-state index contributed by atoms with van der Waals surface area (Å²) in [6.07, 6.45) is 0.369. The van der Waals surface area contributed by atoms with Crippen LogP contribution in [0.4, 0.5) is 0 Å². The van der Waals surface area contributed by atoms with E-state index in [1.54, 1.807) is 20.1 Å². The first kappa shape index (κ1) is 16.3. The number of hydrogen-bond donors (Lipinski definition) is 2. The Balaban J connectivity index is 2.99. The van der Waals surface area contributed by atoms with Crippen LogP contribution in [0.25, 0.3) is 0 Å². The van der Waals surface area contributed by atoms with E-state index in [1.165, 1.54) is 0 Å². The van der Waals surface area contributed by atoms with Crippen LogP contribution in [-0.4, -0.2) is 25.7 Å². The lowest BCUT2D eigenvalue weighted by atomic mass is 10.1. The normalized spacial score (nSPS) is 13.6. The van der Waals surface area contributed by atoms with Crippen molar-refractivity contribution in [1.82, 2.24) is 5.32 Å². The highest BCUT2D eigenvalue weighted by atomic mass is 16.5. The summed E-state index contributed by atoms with van der Waals surface area (Å²) in [5.41, 5.74) is 6.23. The lowest BCUT2D eigenvalue weighted by Crippen LogP contribution is -2.31. The molecule has 0 aliphatic carbocycles. The zero-order valence-corrected chi connectivity index (χ0v) is 12.6. The number of rotatable bonds is 8. The Morgan fingerprint density at radius 2 is 2.10 bits per heavy atom. The SMILES string of the molecule is CCCNC(C)c1ccc(OC)cc1OC(C)C(N)=O. The summed E-state index contributed by atoms with van der Waals surface area (Å²) in [5, 5.41) is 3.39. The molecule has 0 spiro atoms. The number of nitrogens with two attached hydrogens (primary N) is 1. The van der Waals surface area contributed by atoms with Crippen LogP contribution in [0.2, 0.25) is 0 Å². The fourth-order valence-electron chi connectivity index (χ4n) is 1.82. The van der Waals surface area contributed by atoms with Crippen molar-refractivity contribution in [1.29, 1.82) is 0 Å². The summed E-state index contributed by atoms with van der Waals surface area (Å²) < 4.78 is 10.9. The highest BCUT2D eigenvalue weighted by Crippen LogP contribution is 2.30. The van der Waals surface area contributed by atoms with E-state index >= 15 is 0 Å². The first-order valence-electron chi connectivity index (χ1n) is 6.86. The van der Waals surface area contributed by atoms with Crippen molar-refractivity contribution in [3.8, 4) is 11.5 Å². The van der Waals surface area contributed by atoms with Crippen LogP contribution in [0.1, 0.15) is 38.8 Å². The van der Waals surface area contributed by atoms with Crippen LogP contribution in [0.5, 0.6) is 11.5 Å². The fraction of sp³-hybridized carbons (Fsp3) is 0.533. The third-order valence-electron chi connectivity index (χ3n) is 3.09. The molecule has 0 aromatic heterocycles. The van der Waals surface area contributed by atoms with Gasteiger partial charge in [-0.1, -0.05) is 13.0 Å². The van der Waals surface area contributed by atoms with Crippen molar-refractivity contribution in [2.24, 2.45) is 5.73 Å². The first-order valence-corrected chi connectivity index (χ1v) is 6.86. The molecule has 1 aromatic rings. The van der Waals surface area contributed by atoms with Gasteiger partial charge in [0.15, 0.2) is 6.10 Å². The van der Waals surface area contributed by atoms with Gasteiger partial charge in [0.25, 0.3) is 5.91 Å². The van der Waals surface area contributed by atoms with E-state index in [0.717, 1.165) is 18.5 Å². The summed E-state index contributed by atoms with van der Waals surface area (Å²) in [4.78, 5) is 11.2. The van der Waals surface area contributed by atoms with Gasteiger partial charge in [-0.05, 0) is 32.9 Å². The molecule has 0 saturated carbocycles. The van der Waals surface area contributed by atoms with Gasteiger partial charge in [-0.2, -0.15) is 0 Å². The number of carbonyl (C=O) groups excluding carboxylic acids is 1. The molecule has 0 saturated heterocycles. The molecule has 1 amide bonds. The summed E-state index contributed by atoms with van der Waals surface area (Å²) in [5.74, 6) is 0.808. The van der Waals surface area contributed by atoms with E-state index in [4.69, 9.17) is 15.2 Å². The molecule has 2 atom stereocenters. The van der Waals surface area contributed by atoms with Crippen molar-refractivity contribution >= 4 is 5.91 Å². The van der Waals surface area contributed by atoms with Gasteiger partial charge in [0.2, 0.25) is 0 Å². The number of carbonyl (C=O) groups is 1. The Morgan fingerprint density at radius 3 is 2.65 bits per heavy atom. The number of benzene rings is 1. The third kappa shape index (κ3) is 4.42. The van der Waals surface area contributed by atoms with Gasteiger partial charge in [0, 0.05) is 17.7 Å². The number of primary amides is 1. The van der Waals surface area contributed by atoms with Crippen molar-refractivity contribution in [2.75, 3.05) is 13.7 Å². The highest BCUT2D eigenvalue weighted by molar-refractivity contribution is 5.78. The predicted molar refractivity (Wildman–Crippen MR) is 79.0 cm³/mol. The van der Waals surface area contributed by atoms with Crippen LogP contribution in [0, 0.1) is 0 Å². The molecule has 1 rings (SSSR count). The smallest absolute Gasteiger partial charge is 0.258 e. The highest BCUT2D eigenvalue weighted by Gasteiger charge is 2.17. The maximum Gasteiger partial charge on any atom is 0.258 e. The third-order valence-corrected chi connectivity index (χ3v) is 3.09. The van der Waals surface area contributed by atoms with Crippen molar-refractivity contribution in [3.63, 3.8) is 0 Å². The molecule has 5 nitrogen and oxygen atoms in total. The van der Waals surface area contributed by atoms with Gasteiger partial charge in [-0.25, -0.2) is 0 Å². The van der Waals surface area contributed by atoms with Crippen LogP contribution in [0.15, 0.2) is 18.2 Å². The summed E-state index contributed by atoms with van der Waals surface area (Å²) in [6.45, 7) is 6.72. The summed E-state index contributed by atoms with van der Waals surface area (Å²) in [7, 11) is 1.59. The molecule has 0 radical (unpaired) electrons. The molecule has 0 aliphatic heterocycles. The van der Waals surface area contributed by atoms with E-state index in [9.17, 15) is 4.79 Å². The molecule has 112 valence electrons. The second-order valence-electron chi connectivity index (χ2n) is 4.74. The maximum absolute atomic E-state index is 11.2. The number of ether oxygens (including phenoxy) is 2. The minimum Gasteiger partial charge on any atom is -0.497 e. The lowest BCUT2D eigenvalue weighted by Gasteiger charge is -2.20. The first-order chi connectivity index (χ1) is 9.49. The molecule has 2 unspecified atom stereocenters. The standard InChI is InChI=1S/C15H24N2O3/c1-5-8-17-10(2)13-7-6-12(19-4)9-14(13)20-11(3)15(16)18/h6-7,9-11,17H,5,8H2,1-4H3,(H2,16,18). The van der Waals surface area contributed by atoms with E-state index in [0.29, 0.717) is 11.5 Å². The van der Waals surface area contributed by atoms with Crippen LogP contribution in [0.3, 0.4) is 0 Å². The number of amides is 1. The Kier molecular flexibility index (Phi) is 6.31. The van der Waals surface area contributed by atoms with Crippen molar-refractivity contribution in [3.05, 3.63) is 23.8 Å². The minimum absolute atomic E-state index is 0.121. The zero-order chi connectivity index (χ0) is 15.1. The van der Waals surface area contributed by atoms with Gasteiger partial charge < -0.3 is 20.5 Å². The molecular weight excluding hydrogens is 256 g/mol.